The Morgan fingerprint density at radius 3 is 2.57 bits per heavy atom. The Morgan fingerprint density at radius 2 is 1.86 bits per heavy atom. The average Bonchev–Trinajstić information content (AvgIpc) is 2.85. The Bertz CT molecular complexity index is 364. The smallest absolute Gasteiger partial charge is 0.0441 e. The lowest BCUT2D eigenvalue weighted by atomic mass is 10.0. The third-order valence-corrected chi connectivity index (χ3v) is 3.82. The molecule has 1 aromatic carbocycles. The molecular weight excluding hydrogens is 192 g/mol. The minimum atomic E-state index is 0.937. The Labute approximate surface area is 90.3 Å². The lowest BCUT2D eigenvalue weighted by Gasteiger charge is -2.07. The fourth-order valence-electron chi connectivity index (χ4n) is 2.43. The van der Waals surface area contributed by atoms with E-state index in [-0.39, 0.29) is 0 Å². The lowest BCUT2D eigenvalue weighted by Crippen LogP contribution is -1.92. The van der Waals surface area contributed by atoms with Gasteiger partial charge in [-0.3, -0.25) is 0 Å². The van der Waals surface area contributed by atoms with Gasteiger partial charge in [-0.15, -0.1) is 0 Å². The van der Waals surface area contributed by atoms with Gasteiger partial charge in [-0.1, -0.05) is 17.7 Å². The first kappa shape index (κ1) is 8.79. The molecule has 1 fully saturated rings. The highest BCUT2D eigenvalue weighted by atomic mass is 35.5. The molecule has 0 radical (unpaired) electrons. The number of aryl methyl sites for hydroxylation is 2. The first-order valence-electron chi connectivity index (χ1n) is 5.63. The van der Waals surface area contributed by atoms with Crippen LogP contribution in [-0.2, 0) is 19.3 Å². The third kappa shape index (κ3) is 1.56. The van der Waals surface area contributed by atoms with E-state index in [0.29, 0.717) is 0 Å². The normalized spacial score (nSPS) is 19.8. The summed E-state index contributed by atoms with van der Waals surface area (Å²) in [6.07, 6.45) is 7.86. The predicted molar refractivity (Wildman–Crippen MR) is 59.9 cm³/mol. The molecule has 0 nitrogen and oxygen atoms in total. The van der Waals surface area contributed by atoms with Crippen LogP contribution in [-0.4, -0.2) is 0 Å². The highest BCUT2D eigenvalue weighted by Gasteiger charge is 2.23. The zero-order valence-electron chi connectivity index (χ0n) is 8.35. The van der Waals surface area contributed by atoms with E-state index in [9.17, 15) is 0 Å². The van der Waals surface area contributed by atoms with E-state index in [0.717, 1.165) is 10.9 Å². The van der Waals surface area contributed by atoms with Crippen LogP contribution in [0.4, 0.5) is 0 Å². The van der Waals surface area contributed by atoms with Crippen LogP contribution in [0.3, 0.4) is 0 Å². The molecular formula is C13H15Cl. The summed E-state index contributed by atoms with van der Waals surface area (Å²) in [5, 5.41) is 1.01. The molecule has 0 aromatic heterocycles. The van der Waals surface area contributed by atoms with Gasteiger partial charge in [0.2, 0.25) is 0 Å². The number of hydrogen-bond acceptors (Lipinski definition) is 0. The Morgan fingerprint density at radius 1 is 1.14 bits per heavy atom. The summed E-state index contributed by atoms with van der Waals surface area (Å²) >= 11 is 6.28. The fourth-order valence-corrected chi connectivity index (χ4v) is 2.70. The van der Waals surface area contributed by atoms with Gasteiger partial charge in [0.25, 0.3) is 0 Å². The van der Waals surface area contributed by atoms with Crippen molar-refractivity contribution < 1.29 is 0 Å². The van der Waals surface area contributed by atoms with E-state index in [1.807, 2.05) is 0 Å². The van der Waals surface area contributed by atoms with Crippen molar-refractivity contribution in [1.29, 1.82) is 0 Å². The number of hydrogen-bond donors (Lipinski definition) is 0. The van der Waals surface area contributed by atoms with Crippen LogP contribution in [0.15, 0.2) is 12.1 Å². The second-order valence-corrected chi connectivity index (χ2v) is 5.12. The molecule has 0 unspecified atom stereocenters. The molecule has 0 atom stereocenters. The third-order valence-electron chi connectivity index (χ3n) is 3.47. The van der Waals surface area contributed by atoms with E-state index in [1.165, 1.54) is 49.7 Å². The molecule has 2 aliphatic carbocycles. The summed E-state index contributed by atoms with van der Waals surface area (Å²) in [5.74, 6) is 0.937. The molecule has 1 saturated carbocycles. The zero-order valence-corrected chi connectivity index (χ0v) is 9.11. The van der Waals surface area contributed by atoms with Crippen molar-refractivity contribution in [3.8, 4) is 0 Å². The minimum Gasteiger partial charge on any atom is -0.0840 e. The van der Waals surface area contributed by atoms with Crippen molar-refractivity contribution in [3.05, 3.63) is 33.8 Å². The van der Waals surface area contributed by atoms with Gasteiger partial charge in [-0.2, -0.15) is 0 Å². The monoisotopic (exact) mass is 206 g/mol. The van der Waals surface area contributed by atoms with Crippen LogP contribution in [0.5, 0.6) is 0 Å². The van der Waals surface area contributed by atoms with E-state index in [1.54, 1.807) is 5.56 Å². The van der Waals surface area contributed by atoms with E-state index < -0.39 is 0 Å². The summed E-state index contributed by atoms with van der Waals surface area (Å²) < 4.78 is 0. The van der Waals surface area contributed by atoms with Gasteiger partial charge in [0.05, 0.1) is 0 Å². The number of benzene rings is 1. The van der Waals surface area contributed by atoms with Crippen LogP contribution < -0.4 is 0 Å². The van der Waals surface area contributed by atoms with Gasteiger partial charge >= 0.3 is 0 Å². The Kier molecular flexibility index (Phi) is 2.05. The summed E-state index contributed by atoms with van der Waals surface area (Å²) in [6, 6.07) is 4.57. The molecule has 2 aliphatic rings. The van der Waals surface area contributed by atoms with Gasteiger partial charge < -0.3 is 0 Å². The summed E-state index contributed by atoms with van der Waals surface area (Å²) in [5.41, 5.74) is 4.45. The van der Waals surface area contributed by atoms with Crippen molar-refractivity contribution in [2.75, 3.05) is 0 Å². The number of fused-ring (bicyclic) bond motifs is 1. The quantitative estimate of drug-likeness (QED) is 0.691. The van der Waals surface area contributed by atoms with E-state index in [4.69, 9.17) is 11.6 Å². The maximum Gasteiger partial charge on any atom is 0.0441 e. The molecule has 0 heterocycles. The maximum atomic E-state index is 6.28. The van der Waals surface area contributed by atoms with Crippen molar-refractivity contribution in [1.82, 2.24) is 0 Å². The molecule has 0 saturated heterocycles. The number of rotatable bonds is 2. The van der Waals surface area contributed by atoms with Gasteiger partial charge in [-0.25, -0.2) is 0 Å². The van der Waals surface area contributed by atoms with E-state index in [2.05, 4.69) is 12.1 Å². The molecule has 3 rings (SSSR count). The molecule has 0 N–H and O–H groups in total. The molecule has 0 bridgehead atoms. The minimum absolute atomic E-state index is 0.937. The van der Waals surface area contributed by atoms with E-state index >= 15 is 0 Å². The predicted octanol–water partition coefficient (Wildman–Crippen LogP) is 3.78. The Balaban J connectivity index is 1.94. The second-order valence-electron chi connectivity index (χ2n) is 4.71. The molecule has 0 amide bonds. The van der Waals surface area contributed by atoms with Gasteiger partial charge in [0.15, 0.2) is 0 Å². The van der Waals surface area contributed by atoms with Crippen molar-refractivity contribution in [3.63, 3.8) is 0 Å². The molecule has 0 spiro atoms. The topological polar surface area (TPSA) is 0 Å². The second kappa shape index (κ2) is 3.27. The van der Waals surface area contributed by atoms with Gasteiger partial charge in [-0.05, 0) is 67.2 Å². The van der Waals surface area contributed by atoms with Crippen LogP contribution in [0.1, 0.15) is 36.0 Å². The Hall–Kier alpha value is -0.490. The summed E-state index contributed by atoms with van der Waals surface area (Å²) in [4.78, 5) is 0. The lowest BCUT2D eigenvalue weighted by molar-refractivity contribution is 0.830. The van der Waals surface area contributed by atoms with Crippen LogP contribution >= 0.6 is 11.6 Å². The van der Waals surface area contributed by atoms with Crippen molar-refractivity contribution in [2.24, 2.45) is 5.92 Å². The molecule has 1 aromatic rings. The van der Waals surface area contributed by atoms with Crippen molar-refractivity contribution >= 4 is 11.6 Å². The standard InChI is InChI=1S/C13H15Cl/c14-13-8-11-3-1-2-10(11)7-12(13)6-9-4-5-9/h7-9H,1-6H2. The summed E-state index contributed by atoms with van der Waals surface area (Å²) in [7, 11) is 0. The highest BCUT2D eigenvalue weighted by molar-refractivity contribution is 6.31. The van der Waals surface area contributed by atoms with Gasteiger partial charge in [0, 0.05) is 5.02 Å². The number of halogens is 1. The first-order chi connectivity index (χ1) is 6.83. The van der Waals surface area contributed by atoms with Crippen molar-refractivity contribution in [2.45, 2.75) is 38.5 Å². The molecule has 1 heteroatoms. The van der Waals surface area contributed by atoms with Crippen LogP contribution in [0.25, 0.3) is 0 Å². The largest absolute Gasteiger partial charge is 0.0840 e. The maximum absolute atomic E-state index is 6.28. The summed E-state index contributed by atoms with van der Waals surface area (Å²) in [6.45, 7) is 0. The highest BCUT2D eigenvalue weighted by Crippen LogP contribution is 2.36. The fraction of sp³-hybridized carbons (Fsp3) is 0.538. The first-order valence-corrected chi connectivity index (χ1v) is 6.01. The zero-order chi connectivity index (χ0) is 9.54. The SMILES string of the molecule is Clc1cc2c(cc1CC1CC1)CCC2. The van der Waals surface area contributed by atoms with Gasteiger partial charge in [0.1, 0.15) is 0 Å². The average molecular weight is 207 g/mol. The van der Waals surface area contributed by atoms with Crippen LogP contribution in [0.2, 0.25) is 5.02 Å². The van der Waals surface area contributed by atoms with Crippen LogP contribution in [0, 0.1) is 5.92 Å². The molecule has 74 valence electrons. The molecule has 0 aliphatic heterocycles. The molecule has 14 heavy (non-hydrogen) atoms.